The quantitative estimate of drug-likeness (QED) is 0.719. The first-order chi connectivity index (χ1) is 9.84. The van der Waals surface area contributed by atoms with Gasteiger partial charge in [0.25, 0.3) is 0 Å². The fourth-order valence-electron chi connectivity index (χ4n) is 2.74. The predicted octanol–water partition coefficient (Wildman–Crippen LogP) is 2.74. The molecule has 0 atom stereocenters. The van der Waals surface area contributed by atoms with E-state index in [4.69, 9.17) is 0 Å². The average molecular weight is 265 g/mol. The molecule has 2 aliphatic carbocycles. The molecule has 2 nitrogen and oxygen atoms in total. The van der Waals surface area contributed by atoms with Crippen molar-refractivity contribution >= 4 is 5.91 Å². The van der Waals surface area contributed by atoms with Crippen molar-refractivity contribution in [2.24, 2.45) is 0 Å². The van der Waals surface area contributed by atoms with Crippen LogP contribution in [0.3, 0.4) is 0 Å². The van der Waals surface area contributed by atoms with E-state index in [1.165, 1.54) is 6.42 Å². The van der Waals surface area contributed by atoms with Crippen LogP contribution in [-0.2, 0) is 4.79 Å². The molecular weight excluding hydrogens is 246 g/mol. The van der Waals surface area contributed by atoms with Crippen LogP contribution in [0.2, 0.25) is 0 Å². The van der Waals surface area contributed by atoms with Crippen LogP contribution in [0.1, 0.15) is 19.3 Å². The number of allylic oxidation sites excluding steroid dienone is 1. The van der Waals surface area contributed by atoms with E-state index in [2.05, 4.69) is 0 Å². The molecule has 0 N–H and O–H groups in total. The molecule has 0 aromatic heterocycles. The van der Waals surface area contributed by atoms with Crippen LogP contribution < -0.4 is 0 Å². The second kappa shape index (κ2) is 6.78. The van der Waals surface area contributed by atoms with Gasteiger partial charge in [-0.3, -0.25) is 4.79 Å². The third kappa shape index (κ3) is 3.27. The normalized spacial score (nSPS) is 26.4. The van der Waals surface area contributed by atoms with Gasteiger partial charge in [0.05, 0.1) is 0 Å². The number of rotatable bonds is 3. The van der Waals surface area contributed by atoms with Crippen molar-refractivity contribution in [1.82, 2.24) is 4.90 Å². The molecule has 1 heterocycles. The average Bonchev–Trinajstić information content (AvgIpc) is 3.18. The SMILES string of the molecule is O=C(/C(=C/[C]1[CH][CH][CH][CH]1)[C]1[CH][CH][CH][CH]1)N1CCCCC1. The van der Waals surface area contributed by atoms with Gasteiger partial charge < -0.3 is 4.90 Å². The second-order valence-electron chi connectivity index (χ2n) is 5.30. The van der Waals surface area contributed by atoms with E-state index in [9.17, 15) is 4.79 Å². The summed E-state index contributed by atoms with van der Waals surface area (Å²) in [7, 11) is 0. The van der Waals surface area contributed by atoms with E-state index in [1.54, 1.807) is 0 Å². The standard InChI is InChI=1S/C18H19NO/c20-18(19-12-6-1-7-13-19)17(16-10-4-5-11-16)14-15-8-2-3-9-15/h2-5,8-11,14H,1,6-7,12-13H2/b17-14+. The van der Waals surface area contributed by atoms with Crippen molar-refractivity contribution in [1.29, 1.82) is 0 Å². The van der Waals surface area contributed by atoms with E-state index in [0.717, 1.165) is 43.3 Å². The molecule has 10 radical (unpaired) electrons. The third-order valence-electron chi connectivity index (χ3n) is 3.85. The van der Waals surface area contributed by atoms with Crippen LogP contribution in [0.5, 0.6) is 0 Å². The number of hydrogen-bond acceptors (Lipinski definition) is 1. The Hall–Kier alpha value is -0.790. The van der Waals surface area contributed by atoms with Crippen molar-refractivity contribution in [2.45, 2.75) is 19.3 Å². The molecule has 2 saturated carbocycles. The van der Waals surface area contributed by atoms with Gasteiger partial charge in [0, 0.05) is 30.5 Å². The predicted molar refractivity (Wildman–Crippen MR) is 79.4 cm³/mol. The molecule has 0 unspecified atom stereocenters. The Kier molecular flexibility index (Phi) is 4.80. The van der Waals surface area contributed by atoms with Crippen molar-refractivity contribution < 1.29 is 4.79 Å². The Balaban J connectivity index is 1.74. The summed E-state index contributed by atoms with van der Waals surface area (Å²) in [5.74, 6) is 2.27. The highest BCUT2D eigenvalue weighted by molar-refractivity contribution is 5.99. The van der Waals surface area contributed by atoms with Crippen molar-refractivity contribution in [3.63, 3.8) is 0 Å². The molecule has 1 aliphatic heterocycles. The summed E-state index contributed by atoms with van der Waals surface area (Å²) >= 11 is 0. The van der Waals surface area contributed by atoms with Gasteiger partial charge >= 0.3 is 0 Å². The summed E-state index contributed by atoms with van der Waals surface area (Å²) in [6.45, 7) is 1.77. The van der Waals surface area contributed by atoms with Crippen LogP contribution in [0.4, 0.5) is 0 Å². The molecule has 0 aromatic rings. The minimum absolute atomic E-state index is 0.164. The molecule has 3 rings (SSSR count). The monoisotopic (exact) mass is 265 g/mol. The first-order valence-corrected chi connectivity index (χ1v) is 7.29. The number of likely N-dealkylation sites (tertiary alicyclic amines) is 1. The van der Waals surface area contributed by atoms with Gasteiger partial charge in [0.15, 0.2) is 0 Å². The number of amides is 1. The van der Waals surface area contributed by atoms with Crippen molar-refractivity contribution in [2.75, 3.05) is 13.1 Å². The molecule has 0 aromatic carbocycles. The number of carbonyl (C=O) groups excluding carboxylic acids is 1. The van der Waals surface area contributed by atoms with Gasteiger partial charge in [-0.05, 0) is 70.6 Å². The fraction of sp³-hybridized carbons (Fsp3) is 0.278. The number of piperidine rings is 1. The van der Waals surface area contributed by atoms with Crippen LogP contribution in [-0.4, -0.2) is 23.9 Å². The topological polar surface area (TPSA) is 20.3 Å². The number of hydrogen-bond donors (Lipinski definition) is 0. The second-order valence-corrected chi connectivity index (χ2v) is 5.30. The zero-order chi connectivity index (χ0) is 13.8. The van der Waals surface area contributed by atoms with Crippen molar-refractivity contribution in [3.05, 3.63) is 74.9 Å². The maximum absolute atomic E-state index is 12.8. The lowest BCUT2D eigenvalue weighted by molar-refractivity contribution is -0.127. The molecule has 1 amide bonds. The highest BCUT2D eigenvalue weighted by Crippen LogP contribution is 2.35. The van der Waals surface area contributed by atoms with Gasteiger partial charge in [-0.1, -0.05) is 6.08 Å². The summed E-state index contributed by atoms with van der Waals surface area (Å²) in [4.78, 5) is 14.8. The van der Waals surface area contributed by atoms with Crippen LogP contribution in [0, 0.1) is 63.2 Å². The van der Waals surface area contributed by atoms with Gasteiger partial charge in [-0.25, -0.2) is 0 Å². The molecule has 20 heavy (non-hydrogen) atoms. The summed E-state index contributed by atoms with van der Waals surface area (Å²) < 4.78 is 0. The first kappa shape index (κ1) is 14.2. The Morgan fingerprint density at radius 1 is 0.900 bits per heavy atom. The fourth-order valence-corrected chi connectivity index (χ4v) is 2.74. The lowest BCUT2D eigenvalue weighted by Crippen LogP contribution is -2.37. The summed E-state index contributed by atoms with van der Waals surface area (Å²) in [5.41, 5.74) is 0.808. The summed E-state index contributed by atoms with van der Waals surface area (Å²) in [5, 5.41) is 0. The Labute approximate surface area is 123 Å². The first-order valence-electron chi connectivity index (χ1n) is 7.29. The number of carbonyl (C=O) groups is 1. The van der Waals surface area contributed by atoms with Crippen LogP contribution in [0.15, 0.2) is 11.6 Å². The summed E-state index contributed by atoms with van der Waals surface area (Å²) in [6.07, 6.45) is 21.5. The minimum atomic E-state index is 0.164. The zero-order valence-electron chi connectivity index (χ0n) is 11.6. The van der Waals surface area contributed by atoms with Crippen LogP contribution >= 0.6 is 0 Å². The highest BCUT2D eigenvalue weighted by Gasteiger charge is 2.30. The lowest BCUT2D eigenvalue weighted by Gasteiger charge is -2.29. The van der Waals surface area contributed by atoms with E-state index >= 15 is 0 Å². The molecule has 0 spiro atoms. The smallest absolute Gasteiger partial charge is 0.250 e. The Bertz CT molecular complexity index is 356. The molecule has 3 fully saturated rings. The Morgan fingerprint density at radius 3 is 2.15 bits per heavy atom. The van der Waals surface area contributed by atoms with Crippen LogP contribution in [0.25, 0.3) is 0 Å². The molecule has 1 saturated heterocycles. The zero-order valence-corrected chi connectivity index (χ0v) is 11.6. The molecule has 3 aliphatic rings. The maximum Gasteiger partial charge on any atom is 0.250 e. The van der Waals surface area contributed by atoms with Gasteiger partial charge in [0.2, 0.25) is 5.91 Å². The molecule has 0 bridgehead atoms. The van der Waals surface area contributed by atoms with Gasteiger partial charge in [-0.2, -0.15) is 0 Å². The minimum Gasteiger partial charge on any atom is -0.339 e. The Morgan fingerprint density at radius 2 is 1.50 bits per heavy atom. The highest BCUT2D eigenvalue weighted by atomic mass is 16.2. The van der Waals surface area contributed by atoms with Crippen molar-refractivity contribution in [3.8, 4) is 0 Å². The van der Waals surface area contributed by atoms with Gasteiger partial charge in [-0.15, -0.1) is 0 Å². The van der Waals surface area contributed by atoms with E-state index < -0.39 is 0 Å². The van der Waals surface area contributed by atoms with E-state index in [-0.39, 0.29) is 5.91 Å². The number of nitrogens with zero attached hydrogens (tertiary/aromatic N) is 1. The largest absolute Gasteiger partial charge is 0.339 e. The molecule has 2 heteroatoms. The van der Waals surface area contributed by atoms with E-state index in [1.807, 2.05) is 62.3 Å². The summed E-state index contributed by atoms with van der Waals surface area (Å²) in [6, 6.07) is 0. The van der Waals surface area contributed by atoms with E-state index in [0.29, 0.717) is 0 Å². The molecular formula is C18H19NO. The maximum atomic E-state index is 12.8. The van der Waals surface area contributed by atoms with Gasteiger partial charge in [0.1, 0.15) is 0 Å². The third-order valence-corrected chi connectivity index (χ3v) is 3.85. The lowest BCUT2D eigenvalue weighted by atomic mass is 9.91. The molecule has 102 valence electrons.